The zero-order chi connectivity index (χ0) is 13.6. The van der Waals surface area contributed by atoms with Gasteiger partial charge in [-0.25, -0.2) is 4.79 Å². The van der Waals surface area contributed by atoms with E-state index in [0.717, 1.165) is 5.69 Å². The van der Waals surface area contributed by atoms with Gasteiger partial charge < -0.3 is 4.74 Å². The van der Waals surface area contributed by atoms with Crippen LogP contribution in [0.1, 0.15) is 38.1 Å². The number of esters is 1. The Labute approximate surface area is 107 Å². The van der Waals surface area contributed by atoms with Crippen molar-refractivity contribution in [2.75, 3.05) is 12.0 Å². The van der Waals surface area contributed by atoms with Crippen molar-refractivity contribution < 1.29 is 9.53 Å². The minimum absolute atomic E-state index is 0.210. The van der Waals surface area contributed by atoms with E-state index in [2.05, 4.69) is 15.8 Å². The molecule has 1 rings (SSSR count). The number of carbonyl (C=O) groups is 1. The molecule has 1 N–H and O–H groups in total. The molecule has 0 saturated heterocycles. The standard InChI is InChI=1S/C13H19N3O2/c1-5-18-12(17)10-6-8-11(9-7-10)14-16-15-13(2,3)4/h6-9H,5H2,1-4H3,(H,14,15). The Morgan fingerprint density at radius 3 is 2.39 bits per heavy atom. The van der Waals surface area contributed by atoms with Gasteiger partial charge in [0.25, 0.3) is 0 Å². The molecule has 0 bridgehead atoms. The molecule has 98 valence electrons. The van der Waals surface area contributed by atoms with Gasteiger partial charge in [0, 0.05) is 0 Å². The molecular formula is C13H19N3O2. The van der Waals surface area contributed by atoms with Gasteiger partial charge in [-0.1, -0.05) is 5.22 Å². The number of anilines is 1. The first-order valence-corrected chi connectivity index (χ1v) is 5.87. The summed E-state index contributed by atoms with van der Waals surface area (Å²) in [7, 11) is 0. The van der Waals surface area contributed by atoms with Crippen molar-refractivity contribution in [3.05, 3.63) is 29.8 Å². The zero-order valence-corrected chi connectivity index (χ0v) is 11.2. The summed E-state index contributed by atoms with van der Waals surface area (Å²) in [6.07, 6.45) is 0. The predicted octanol–water partition coefficient (Wildman–Crippen LogP) is 3.44. The maximum atomic E-state index is 11.4. The third-order valence-corrected chi connectivity index (χ3v) is 1.93. The lowest BCUT2D eigenvalue weighted by molar-refractivity contribution is 0.0526. The lowest BCUT2D eigenvalue weighted by Gasteiger charge is -2.09. The molecule has 0 amide bonds. The van der Waals surface area contributed by atoms with Crippen LogP contribution in [0.15, 0.2) is 34.6 Å². The largest absolute Gasteiger partial charge is 0.462 e. The minimum Gasteiger partial charge on any atom is -0.462 e. The smallest absolute Gasteiger partial charge is 0.338 e. The molecule has 0 saturated carbocycles. The van der Waals surface area contributed by atoms with Gasteiger partial charge in [-0.3, -0.25) is 5.43 Å². The van der Waals surface area contributed by atoms with E-state index in [1.165, 1.54) is 0 Å². The van der Waals surface area contributed by atoms with Crippen molar-refractivity contribution in [3.8, 4) is 0 Å². The average Bonchev–Trinajstić information content (AvgIpc) is 2.28. The molecule has 0 spiro atoms. The van der Waals surface area contributed by atoms with Gasteiger partial charge in [0.1, 0.15) is 0 Å². The van der Waals surface area contributed by atoms with Gasteiger partial charge in [0.05, 0.1) is 23.4 Å². The van der Waals surface area contributed by atoms with E-state index in [0.29, 0.717) is 12.2 Å². The topological polar surface area (TPSA) is 63.0 Å². The summed E-state index contributed by atoms with van der Waals surface area (Å²) in [5.74, 6) is -0.319. The monoisotopic (exact) mass is 249 g/mol. The number of ether oxygens (including phenoxy) is 1. The van der Waals surface area contributed by atoms with Gasteiger partial charge in [-0.2, -0.15) is 5.11 Å². The highest BCUT2D eigenvalue weighted by Crippen LogP contribution is 2.12. The highest BCUT2D eigenvalue weighted by atomic mass is 16.5. The number of hydrogen-bond acceptors (Lipinski definition) is 4. The quantitative estimate of drug-likeness (QED) is 0.505. The molecule has 18 heavy (non-hydrogen) atoms. The van der Waals surface area contributed by atoms with E-state index in [1.807, 2.05) is 20.8 Å². The number of nitrogens with zero attached hydrogens (tertiary/aromatic N) is 2. The summed E-state index contributed by atoms with van der Waals surface area (Å²) in [5.41, 5.74) is 3.89. The van der Waals surface area contributed by atoms with Crippen LogP contribution < -0.4 is 5.43 Å². The SMILES string of the molecule is CCOC(=O)c1ccc(NN=NC(C)(C)C)cc1. The fourth-order valence-electron chi connectivity index (χ4n) is 1.13. The van der Waals surface area contributed by atoms with Gasteiger partial charge in [0.2, 0.25) is 0 Å². The number of hydrogen-bond donors (Lipinski definition) is 1. The zero-order valence-electron chi connectivity index (χ0n) is 11.2. The van der Waals surface area contributed by atoms with E-state index in [9.17, 15) is 4.79 Å². The first-order valence-electron chi connectivity index (χ1n) is 5.87. The van der Waals surface area contributed by atoms with Crippen LogP contribution in [0.25, 0.3) is 0 Å². The lowest BCUT2D eigenvalue weighted by Crippen LogP contribution is -2.08. The molecule has 1 aromatic carbocycles. The van der Waals surface area contributed by atoms with Crippen molar-refractivity contribution in [2.24, 2.45) is 10.3 Å². The van der Waals surface area contributed by atoms with Gasteiger partial charge in [-0.15, -0.1) is 0 Å². The summed E-state index contributed by atoms with van der Waals surface area (Å²) >= 11 is 0. The van der Waals surface area contributed by atoms with Crippen LogP contribution in [0.2, 0.25) is 0 Å². The normalized spacial score (nSPS) is 11.6. The Morgan fingerprint density at radius 1 is 1.28 bits per heavy atom. The summed E-state index contributed by atoms with van der Waals surface area (Å²) in [4.78, 5) is 11.4. The molecule has 0 aliphatic carbocycles. The number of benzene rings is 1. The molecule has 0 unspecified atom stereocenters. The maximum absolute atomic E-state index is 11.4. The Morgan fingerprint density at radius 2 is 1.89 bits per heavy atom. The second-order valence-corrected chi connectivity index (χ2v) is 4.78. The first kappa shape index (κ1) is 14.2. The van der Waals surface area contributed by atoms with Gasteiger partial charge in [0.15, 0.2) is 0 Å². The molecule has 5 nitrogen and oxygen atoms in total. The number of rotatable bonds is 4. The number of nitrogens with one attached hydrogen (secondary N) is 1. The maximum Gasteiger partial charge on any atom is 0.338 e. The van der Waals surface area contributed by atoms with Crippen molar-refractivity contribution in [1.29, 1.82) is 0 Å². The molecule has 0 aromatic heterocycles. The van der Waals surface area contributed by atoms with Crippen molar-refractivity contribution in [3.63, 3.8) is 0 Å². The van der Waals surface area contributed by atoms with Crippen LogP contribution in [0, 0.1) is 0 Å². The average molecular weight is 249 g/mol. The third-order valence-electron chi connectivity index (χ3n) is 1.93. The first-order chi connectivity index (χ1) is 8.42. The second-order valence-electron chi connectivity index (χ2n) is 4.78. The van der Waals surface area contributed by atoms with Crippen LogP contribution in [0.4, 0.5) is 5.69 Å². The predicted molar refractivity (Wildman–Crippen MR) is 70.6 cm³/mol. The molecule has 5 heteroatoms. The van der Waals surface area contributed by atoms with Crippen LogP contribution in [-0.4, -0.2) is 18.1 Å². The van der Waals surface area contributed by atoms with Crippen LogP contribution in [0.3, 0.4) is 0 Å². The molecular weight excluding hydrogens is 230 g/mol. The Bertz CT molecular complexity index is 419. The second kappa shape index (κ2) is 6.14. The summed E-state index contributed by atoms with van der Waals surface area (Å²) < 4.78 is 4.89. The van der Waals surface area contributed by atoms with E-state index in [1.54, 1.807) is 31.2 Å². The Hall–Kier alpha value is -1.91. The molecule has 0 aliphatic rings. The molecule has 0 heterocycles. The van der Waals surface area contributed by atoms with Gasteiger partial charge in [-0.05, 0) is 52.0 Å². The minimum atomic E-state index is -0.319. The summed E-state index contributed by atoms with van der Waals surface area (Å²) in [5, 5.41) is 7.94. The summed E-state index contributed by atoms with van der Waals surface area (Å²) in [6.45, 7) is 8.03. The van der Waals surface area contributed by atoms with E-state index in [4.69, 9.17) is 4.74 Å². The highest BCUT2D eigenvalue weighted by Gasteiger charge is 2.07. The highest BCUT2D eigenvalue weighted by molar-refractivity contribution is 5.89. The van der Waals surface area contributed by atoms with Crippen molar-refractivity contribution in [1.82, 2.24) is 0 Å². The number of carbonyl (C=O) groups excluding carboxylic acids is 1. The molecule has 0 atom stereocenters. The van der Waals surface area contributed by atoms with Crippen LogP contribution in [0.5, 0.6) is 0 Å². The third kappa shape index (κ3) is 4.95. The molecule has 0 aliphatic heterocycles. The molecule has 1 aromatic rings. The van der Waals surface area contributed by atoms with Crippen LogP contribution >= 0.6 is 0 Å². The van der Waals surface area contributed by atoms with E-state index in [-0.39, 0.29) is 11.5 Å². The fourth-order valence-corrected chi connectivity index (χ4v) is 1.13. The van der Waals surface area contributed by atoms with E-state index < -0.39 is 0 Å². The van der Waals surface area contributed by atoms with Crippen molar-refractivity contribution >= 4 is 11.7 Å². The van der Waals surface area contributed by atoms with E-state index >= 15 is 0 Å². The van der Waals surface area contributed by atoms with Gasteiger partial charge >= 0.3 is 5.97 Å². The van der Waals surface area contributed by atoms with Crippen LogP contribution in [-0.2, 0) is 4.74 Å². The fraction of sp³-hybridized carbons (Fsp3) is 0.462. The Kier molecular flexibility index (Phi) is 4.83. The summed E-state index contributed by atoms with van der Waals surface area (Å²) in [6, 6.07) is 6.89. The lowest BCUT2D eigenvalue weighted by atomic mass is 10.1. The molecule has 0 fully saturated rings. The molecule has 0 radical (unpaired) electrons. The Balaban J connectivity index is 2.61. The van der Waals surface area contributed by atoms with Crippen molar-refractivity contribution in [2.45, 2.75) is 33.2 Å².